The third kappa shape index (κ3) is 2.61. The highest BCUT2D eigenvalue weighted by Crippen LogP contribution is 1.90. The van der Waals surface area contributed by atoms with Gasteiger partial charge in [0, 0.05) is 10.9 Å². The maximum Gasteiger partial charge on any atom is 0.265 e. The van der Waals surface area contributed by atoms with Crippen LogP contribution in [-0.2, 0) is 13.1 Å². The first-order valence-corrected chi connectivity index (χ1v) is 5.09. The van der Waals surface area contributed by atoms with Crippen LogP contribution in [0.1, 0.15) is 25.6 Å². The molecule has 0 spiro atoms. The molecule has 0 aliphatic heterocycles. The minimum Gasteiger partial charge on any atom is -0.367 e. The van der Waals surface area contributed by atoms with E-state index in [0.717, 1.165) is 18.8 Å². The summed E-state index contributed by atoms with van der Waals surface area (Å²) in [5.41, 5.74) is 0. The number of nitrogens with zero attached hydrogens (tertiary/aromatic N) is 6. The van der Waals surface area contributed by atoms with E-state index in [1.54, 1.807) is 6.33 Å². The van der Waals surface area contributed by atoms with Crippen LogP contribution < -0.4 is 9.55 Å². The summed E-state index contributed by atoms with van der Waals surface area (Å²) < 4.78 is 3.88. The molecule has 0 aliphatic rings. The highest BCUT2D eigenvalue weighted by atomic mass is 15.4. The first kappa shape index (κ1) is 9.82. The molecule has 15 heavy (non-hydrogen) atoms. The van der Waals surface area contributed by atoms with Gasteiger partial charge in [-0.1, -0.05) is 13.3 Å². The first-order valence-electron chi connectivity index (χ1n) is 5.09. The molecule has 0 unspecified atom stereocenters. The van der Waals surface area contributed by atoms with Crippen LogP contribution in [0.5, 0.6) is 0 Å². The summed E-state index contributed by atoms with van der Waals surface area (Å²) in [5, 5.41) is 11.8. The Kier molecular flexibility index (Phi) is 3.06. The van der Waals surface area contributed by atoms with Gasteiger partial charge < -0.3 is 15.2 Å². The lowest BCUT2D eigenvalue weighted by molar-refractivity contribution is -0.690. The van der Waals surface area contributed by atoms with Gasteiger partial charge in [0.25, 0.3) is 6.33 Å². The van der Waals surface area contributed by atoms with Crippen molar-refractivity contribution in [3.63, 3.8) is 0 Å². The fourth-order valence-corrected chi connectivity index (χ4v) is 1.33. The van der Waals surface area contributed by atoms with Gasteiger partial charge >= 0.3 is 0 Å². The second-order valence-electron chi connectivity index (χ2n) is 3.41. The fourth-order valence-electron chi connectivity index (χ4n) is 1.33. The Balaban J connectivity index is 1.95. The summed E-state index contributed by atoms with van der Waals surface area (Å²) in [7, 11) is 0. The molecule has 0 saturated carbocycles. The van der Waals surface area contributed by atoms with Crippen LogP contribution in [0.2, 0.25) is 0 Å². The van der Waals surface area contributed by atoms with E-state index in [0.29, 0.717) is 6.54 Å². The van der Waals surface area contributed by atoms with Gasteiger partial charge in [0.15, 0.2) is 0 Å². The van der Waals surface area contributed by atoms with E-state index in [1.165, 1.54) is 12.7 Å². The van der Waals surface area contributed by atoms with Gasteiger partial charge in [0.1, 0.15) is 13.1 Å². The predicted octanol–water partition coefficient (Wildman–Crippen LogP) is -0.234. The molecule has 2 aromatic heterocycles. The maximum atomic E-state index is 4.24. The van der Waals surface area contributed by atoms with Gasteiger partial charge in [-0.05, 0) is 12.7 Å². The molecule has 6 heteroatoms. The molecular formula is C9H14N6. The van der Waals surface area contributed by atoms with Crippen LogP contribution in [0, 0.1) is 0 Å². The van der Waals surface area contributed by atoms with Gasteiger partial charge in [-0.15, -0.1) is 4.68 Å². The van der Waals surface area contributed by atoms with Gasteiger partial charge in [-0.25, -0.2) is 4.57 Å². The Labute approximate surface area is 88.0 Å². The molecule has 0 N–H and O–H groups in total. The van der Waals surface area contributed by atoms with E-state index in [4.69, 9.17) is 0 Å². The molecule has 0 aromatic carbocycles. The number of rotatable bonds is 5. The average Bonchev–Trinajstić information content (AvgIpc) is 2.87. The van der Waals surface area contributed by atoms with Gasteiger partial charge in [0.2, 0.25) is 6.33 Å². The molecule has 2 heterocycles. The molecule has 0 aliphatic carbocycles. The van der Waals surface area contributed by atoms with Crippen molar-refractivity contribution in [2.24, 2.45) is 0 Å². The number of aryl methyl sites for hydroxylation is 1. The summed E-state index contributed by atoms with van der Waals surface area (Å²) >= 11 is 0. The highest BCUT2D eigenvalue weighted by Gasteiger charge is 2.04. The van der Waals surface area contributed by atoms with Crippen molar-refractivity contribution >= 4 is 0 Å². The third-order valence-electron chi connectivity index (χ3n) is 2.13. The molecule has 0 atom stereocenters. The van der Waals surface area contributed by atoms with Crippen molar-refractivity contribution in [1.82, 2.24) is 25.0 Å². The van der Waals surface area contributed by atoms with Crippen LogP contribution in [0.15, 0.2) is 19.0 Å². The largest absolute Gasteiger partial charge is 0.367 e. The zero-order chi connectivity index (χ0) is 10.5. The molecule has 0 fully saturated rings. The topological polar surface area (TPSA) is 61.6 Å². The molecule has 0 bridgehead atoms. The molecule has 2 rings (SSSR count). The van der Waals surface area contributed by atoms with Crippen LogP contribution in [-0.4, -0.2) is 20.0 Å². The van der Waals surface area contributed by atoms with E-state index in [1.807, 2.05) is 15.6 Å². The van der Waals surface area contributed by atoms with E-state index < -0.39 is 0 Å². The summed E-state index contributed by atoms with van der Waals surface area (Å²) in [5.74, 6) is 0.718. The number of hydrogen-bond acceptors (Lipinski definition) is 3. The summed E-state index contributed by atoms with van der Waals surface area (Å²) in [6, 6.07) is 0. The van der Waals surface area contributed by atoms with Crippen LogP contribution in [0.4, 0.5) is 0 Å². The minimum atomic E-state index is 0.631. The number of hydrogen-bond donors (Lipinski definition) is 0. The fraction of sp³-hybridized carbons (Fsp3) is 0.556. The Hall–Kier alpha value is -1.72. The Morgan fingerprint density at radius 3 is 3.20 bits per heavy atom. The zero-order valence-corrected chi connectivity index (χ0v) is 8.74. The van der Waals surface area contributed by atoms with Crippen molar-refractivity contribution in [1.29, 1.82) is 0 Å². The summed E-state index contributed by atoms with van der Waals surface area (Å²) in [6.07, 6.45) is 7.53. The molecule has 0 saturated heterocycles. The standard InChI is InChI=1S/C9H14N6/c1-2-3-4-15-8-14(7-12-15)5-9-10-6-11-13-9/h6-8H,2-5H2,1H3. The maximum absolute atomic E-state index is 4.24. The monoisotopic (exact) mass is 206 g/mol. The minimum absolute atomic E-state index is 0.631. The van der Waals surface area contributed by atoms with Gasteiger partial charge in [-0.3, -0.25) is 0 Å². The SMILES string of the molecule is CCCCn1c[n+](Cc2nnc[n-]2)cn1. The van der Waals surface area contributed by atoms with Crippen molar-refractivity contribution in [2.45, 2.75) is 32.9 Å². The lowest BCUT2D eigenvalue weighted by Gasteiger charge is -1.95. The molecular weight excluding hydrogens is 192 g/mol. The van der Waals surface area contributed by atoms with Crippen molar-refractivity contribution in [2.75, 3.05) is 0 Å². The average molecular weight is 206 g/mol. The van der Waals surface area contributed by atoms with E-state index in [2.05, 4.69) is 27.2 Å². The normalized spacial score (nSPS) is 10.7. The second kappa shape index (κ2) is 4.68. The zero-order valence-electron chi connectivity index (χ0n) is 8.74. The van der Waals surface area contributed by atoms with Crippen LogP contribution in [0.25, 0.3) is 0 Å². The Morgan fingerprint density at radius 1 is 1.53 bits per heavy atom. The molecule has 80 valence electrons. The lowest BCUT2D eigenvalue weighted by atomic mass is 10.3. The first-order chi connectivity index (χ1) is 7.38. The van der Waals surface area contributed by atoms with E-state index in [-0.39, 0.29) is 0 Å². The highest BCUT2D eigenvalue weighted by molar-refractivity contribution is 4.73. The third-order valence-corrected chi connectivity index (χ3v) is 2.13. The quantitative estimate of drug-likeness (QED) is 0.634. The van der Waals surface area contributed by atoms with E-state index in [9.17, 15) is 0 Å². The van der Waals surface area contributed by atoms with Crippen LogP contribution in [0.3, 0.4) is 0 Å². The number of aromatic nitrogens is 6. The Bertz CT molecular complexity index is 390. The lowest BCUT2D eigenvalue weighted by Crippen LogP contribution is -2.32. The smallest absolute Gasteiger partial charge is 0.265 e. The Morgan fingerprint density at radius 2 is 2.47 bits per heavy atom. The molecule has 2 aromatic rings. The van der Waals surface area contributed by atoms with Crippen molar-refractivity contribution in [3.05, 3.63) is 24.8 Å². The molecule has 0 radical (unpaired) electrons. The molecule has 6 nitrogen and oxygen atoms in total. The van der Waals surface area contributed by atoms with Crippen molar-refractivity contribution < 1.29 is 4.57 Å². The van der Waals surface area contributed by atoms with Gasteiger partial charge in [0.05, 0.1) is 0 Å². The van der Waals surface area contributed by atoms with Gasteiger partial charge in [-0.2, -0.15) is 0 Å². The van der Waals surface area contributed by atoms with E-state index >= 15 is 0 Å². The second-order valence-corrected chi connectivity index (χ2v) is 3.41. The molecule has 0 amide bonds. The predicted molar refractivity (Wildman–Crippen MR) is 51.8 cm³/mol. The summed E-state index contributed by atoms with van der Waals surface area (Å²) in [4.78, 5) is 4.00. The van der Waals surface area contributed by atoms with Crippen LogP contribution >= 0.6 is 0 Å². The number of unbranched alkanes of at least 4 members (excludes halogenated alkanes) is 1. The summed E-state index contributed by atoms with van der Waals surface area (Å²) in [6.45, 7) is 3.76. The van der Waals surface area contributed by atoms with Crippen molar-refractivity contribution in [3.8, 4) is 0 Å².